The van der Waals surface area contributed by atoms with Gasteiger partial charge in [-0.1, -0.05) is 17.3 Å². The number of hydrogen-bond donors (Lipinski definition) is 0. The Kier molecular flexibility index (Phi) is 6.13. The van der Waals surface area contributed by atoms with Crippen molar-refractivity contribution in [1.82, 2.24) is 5.16 Å². The first-order chi connectivity index (χ1) is 13.1. The van der Waals surface area contributed by atoms with Gasteiger partial charge in [0, 0.05) is 22.3 Å². The summed E-state index contributed by atoms with van der Waals surface area (Å²) in [4.78, 5) is 13.3. The molecule has 0 bridgehead atoms. The fraction of sp³-hybridized carbons (Fsp3) is 0.200. The van der Waals surface area contributed by atoms with E-state index >= 15 is 0 Å². The van der Waals surface area contributed by atoms with Gasteiger partial charge in [-0.15, -0.1) is 11.8 Å². The molecule has 2 aromatic carbocycles. The lowest BCUT2D eigenvalue weighted by Crippen LogP contribution is -2.07. The summed E-state index contributed by atoms with van der Waals surface area (Å²) in [6, 6.07) is 13.1. The van der Waals surface area contributed by atoms with Gasteiger partial charge in [0.25, 0.3) is 0 Å². The first-order valence-electron chi connectivity index (χ1n) is 8.20. The lowest BCUT2D eigenvalue weighted by Gasteiger charge is -2.11. The first-order valence-corrected chi connectivity index (χ1v) is 9.19. The molecule has 0 aliphatic rings. The van der Waals surface area contributed by atoms with Crippen molar-refractivity contribution in [2.24, 2.45) is 0 Å². The third-order valence-corrected chi connectivity index (χ3v) is 4.87. The van der Waals surface area contributed by atoms with Crippen molar-refractivity contribution in [3.63, 3.8) is 0 Å². The van der Waals surface area contributed by atoms with Gasteiger partial charge >= 0.3 is 5.97 Å². The molecule has 5 nitrogen and oxygen atoms in total. The number of aryl methyl sites for hydroxylation is 1. The van der Waals surface area contributed by atoms with Crippen LogP contribution >= 0.6 is 11.8 Å². The molecule has 7 heteroatoms. The third kappa shape index (κ3) is 4.89. The number of thioether (sulfide) groups is 1. The van der Waals surface area contributed by atoms with Crippen LogP contribution in [-0.4, -0.2) is 18.2 Å². The van der Waals surface area contributed by atoms with E-state index in [0.717, 1.165) is 16.3 Å². The molecule has 0 unspecified atom stereocenters. The Morgan fingerprint density at radius 2 is 2.04 bits per heavy atom. The maximum absolute atomic E-state index is 13.4. The highest BCUT2D eigenvalue weighted by Gasteiger charge is 2.15. The van der Waals surface area contributed by atoms with Crippen molar-refractivity contribution < 1.29 is 23.2 Å². The Labute approximate surface area is 160 Å². The molecular weight excluding hydrogens is 369 g/mol. The minimum atomic E-state index is -0.485. The molecule has 0 N–H and O–H groups in total. The molecule has 0 saturated carbocycles. The number of aromatic nitrogens is 1. The van der Waals surface area contributed by atoms with Gasteiger partial charge in [0.1, 0.15) is 23.9 Å². The number of hydrogen-bond acceptors (Lipinski definition) is 6. The Morgan fingerprint density at radius 3 is 2.78 bits per heavy atom. The number of halogens is 1. The van der Waals surface area contributed by atoms with Gasteiger partial charge in [-0.25, -0.2) is 9.18 Å². The highest BCUT2D eigenvalue weighted by molar-refractivity contribution is 7.98. The van der Waals surface area contributed by atoms with Crippen LogP contribution in [0, 0.1) is 12.7 Å². The van der Waals surface area contributed by atoms with E-state index in [1.807, 2.05) is 25.1 Å². The Bertz CT molecular complexity index is 941. The number of rotatable bonds is 7. The maximum Gasteiger partial charge on any atom is 0.339 e. The molecule has 140 valence electrons. The summed E-state index contributed by atoms with van der Waals surface area (Å²) in [5, 5.41) is 3.95. The highest BCUT2D eigenvalue weighted by atomic mass is 32.2. The number of nitrogens with zero attached hydrogens (tertiary/aromatic N) is 1. The fourth-order valence-electron chi connectivity index (χ4n) is 2.48. The molecule has 0 aliphatic carbocycles. The molecular formula is C20H18FNO4S. The van der Waals surface area contributed by atoms with Crippen molar-refractivity contribution in [2.45, 2.75) is 24.2 Å². The summed E-state index contributed by atoms with van der Waals surface area (Å²) in [5.74, 6) is 0.872. The number of carbonyl (C=O) groups excluding carboxylic acids is 1. The van der Waals surface area contributed by atoms with Crippen molar-refractivity contribution in [1.29, 1.82) is 0 Å². The van der Waals surface area contributed by atoms with Gasteiger partial charge in [-0.2, -0.15) is 0 Å². The topological polar surface area (TPSA) is 61.6 Å². The second-order valence-electron chi connectivity index (χ2n) is 5.75. The van der Waals surface area contributed by atoms with Crippen LogP contribution in [0.25, 0.3) is 0 Å². The molecule has 1 aromatic heterocycles. The molecule has 0 amide bonds. The SMILES string of the molecule is COc1ccc(F)cc1COC(=O)c1ccccc1SCc1cc(C)on1. The summed E-state index contributed by atoms with van der Waals surface area (Å²) in [6.45, 7) is 1.74. The summed E-state index contributed by atoms with van der Waals surface area (Å²) in [5.41, 5.74) is 1.71. The molecule has 3 aromatic rings. The summed E-state index contributed by atoms with van der Waals surface area (Å²) in [6.07, 6.45) is 0. The van der Waals surface area contributed by atoms with Crippen LogP contribution in [0.4, 0.5) is 4.39 Å². The van der Waals surface area contributed by atoms with Crippen LogP contribution in [0.15, 0.2) is 57.9 Å². The van der Waals surface area contributed by atoms with E-state index in [1.54, 1.807) is 12.1 Å². The zero-order valence-corrected chi connectivity index (χ0v) is 15.7. The van der Waals surface area contributed by atoms with E-state index in [2.05, 4.69) is 5.16 Å². The normalized spacial score (nSPS) is 10.6. The average molecular weight is 387 g/mol. The number of benzene rings is 2. The van der Waals surface area contributed by atoms with E-state index < -0.39 is 11.8 Å². The van der Waals surface area contributed by atoms with E-state index in [4.69, 9.17) is 14.0 Å². The maximum atomic E-state index is 13.4. The van der Waals surface area contributed by atoms with Crippen molar-refractivity contribution in [3.8, 4) is 5.75 Å². The van der Waals surface area contributed by atoms with Crippen LogP contribution in [-0.2, 0) is 17.1 Å². The van der Waals surface area contributed by atoms with Crippen LogP contribution in [0.5, 0.6) is 5.75 Å². The van der Waals surface area contributed by atoms with E-state index in [9.17, 15) is 9.18 Å². The second kappa shape index (κ2) is 8.73. The lowest BCUT2D eigenvalue weighted by molar-refractivity contribution is 0.0465. The molecule has 0 radical (unpaired) electrons. The molecule has 0 aliphatic heterocycles. The fourth-order valence-corrected chi connectivity index (χ4v) is 3.40. The Balaban J connectivity index is 1.69. The minimum Gasteiger partial charge on any atom is -0.496 e. The minimum absolute atomic E-state index is 0.0821. The Hall–Kier alpha value is -2.80. The lowest BCUT2D eigenvalue weighted by atomic mass is 10.2. The molecule has 3 rings (SSSR count). The number of esters is 1. The van der Waals surface area contributed by atoms with Gasteiger partial charge in [0.2, 0.25) is 0 Å². The summed E-state index contributed by atoms with van der Waals surface area (Å²) in [7, 11) is 1.48. The average Bonchev–Trinajstić information content (AvgIpc) is 3.10. The Morgan fingerprint density at radius 1 is 1.22 bits per heavy atom. The van der Waals surface area contributed by atoms with Crippen LogP contribution in [0.3, 0.4) is 0 Å². The van der Waals surface area contributed by atoms with Gasteiger partial charge in [0.05, 0.1) is 18.4 Å². The quantitative estimate of drug-likeness (QED) is 0.429. The molecule has 0 fully saturated rings. The van der Waals surface area contributed by atoms with Crippen molar-refractivity contribution >= 4 is 17.7 Å². The predicted molar refractivity (Wildman–Crippen MR) is 99.3 cm³/mol. The van der Waals surface area contributed by atoms with Crippen LogP contribution in [0.1, 0.15) is 27.4 Å². The van der Waals surface area contributed by atoms with Gasteiger partial charge in [-0.3, -0.25) is 0 Å². The molecule has 1 heterocycles. The zero-order chi connectivity index (χ0) is 19.2. The van der Waals surface area contributed by atoms with E-state index in [-0.39, 0.29) is 6.61 Å². The van der Waals surface area contributed by atoms with Crippen molar-refractivity contribution in [2.75, 3.05) is 7.11 Å². The zero-order valence-electron chi connectivity index (χ0n) is 14.9. The molecule has 0 saturated heterocycles. The van der Waals surface area contributed by atoms with Crippen molar-refractivity contribution in [3.05, 3.63) is 76.9 Å². The summed E-state index contributed by atoms with van der Waals surface area (Å²) >= 11 is 1.47. The summed E-state index contributed by atoms with van der Waals surface area (Å²) < 4.78 is 29.0. The molecule has 0 atom stereocenters. The number of carbonyl (C=O) groups is 1. The first kappa shape index (κ1) is 19.0. The standard InChI is InChI=1S/C20H18FNO4S/c1-13-9-16(22-26-13)12-27-19-6-4-3-5-17(19)20(23)25-11-14-10-15(21)7-8-18(14)24-2/h3-10H,11-12H2,1-2H3. The van der Waals surface area contributed by atoms with Gasteiger partial charge < -0.3 is 14.0 Å². The largest absolute Gasteiger partial charge is 0.496 e. The second-order valence-corrected chi connectivity index (χ2v) is 6.76. The van der Waals surface area contributed by atoms with Crippen LogP contribution in [0.2, 0.25) is 0 Å². The van der Waals surface area contributed by atoms with E-state index in [0.29, 0.717) is 22.6 Å². The monoisotopic (exact) mass is 387 g/mol. The highest BCUT2D eigenvalue weighted by Crippen LogP contribution is 2.27. The van der Waals surface area contributed by atoms with Crippen LogP contribution < -0.4 is 4.74 Å². The predicted octanol–water partition coefficient (Wildman–Crippen LogP) is 4.78. The van der Waals surface area contributed by atoms with E-state index in [1.165, 1.54) is 37.1 Å². The number of methoxy groups -OCH3 is 1. The molecule has 27 heavy (non-hydrogen) atoms. The molecule has 0 spiro atoms. The third-order valence-electron chi connectivity index (χ3n) is 3.76. The number of ether oxygens (including phenoxy) is 2. The van der Waals surface area contributed by atoms with Gasteiger partial charge in [-0.05, 0) is 37.3 Å². The van der Waals surface area contributed by atoms with Gasteiger partial charge in [0.15, 0.2) is 0 Å². The smallest absolute Gasteiger partial charge is 0.339 e.